The predicted octanol–water partition coefficient (Wildman–Crippen LogP) is 4.11. The Bertz CT molecular complexity index is 473. The topological polar surface area (TPSA) is 24.9 Å². The third-order valence-electron chi connectivity index (χ3n) is 2.12. The minimum atomic E-state index is -0.351. The number of nitrogens with one attached hydrogen (secondary N) is 1. The van der Waals surface area contributed by atoms with Crippen molar-refractivity contribution < 1.29 is 4.39 Å². The molecule has 1 unspecified atom stereocenters. The molecule has 0 saturated carbocycles. The highest BCUT2D eigenvalue weighted by atomic mass is 35.5. The van der Waals surface area contributed by atoms with E-state index in [2.05, 4.69) is 10.3 Å². The maximum Gasteiger partial charge on any atom is 0.147 e. The summed E-state index contributed by atoms with van der Waals surface area (Å²) in [6, 6.07) is 4.55. The van der Waals surface area contributed by atoms with E-state index in [1.807, 2.05) is 12.3 Å². The van der Waals surface area contributed by atoms with Crippen molar-refractivity contribution in [2.75, 3.05) is 5.32 Å². The van der Waals surface area contributed by atoms with E-state index in [1.165, 1.54) is 17.4 Å². The van der Waals surface area contributed by atoms with Gasteiger partial charge in [0.1, 0.15) is 10.8 Å². The zero-order chi connectivity index (χ0) is 11.5. The van der Waals surface area contributed by atoms with Crippen LogP contribution in [0, 0.1) is 5.82 Å². The fourth-order valence-corrected chi connectivity index (χ4v) is 2.15. The molecule has 1 N–H and O–H groups in total. The Morgan fingerprint density at radius 1 is 1.50 bits per heavy atom. The summed E-state index contributed by atoms with van der Waals surface area (Å²) in [6.07, 6.45) is 1.73. The summed E-state index contributed by atoms with van der Waals surface area (Å²) < 4.78 is 13.5. The number of rotatable bonds is 3. The lowest BCUT2D eigenvalue weighted by atomic mass is 10.2. The summed E-state index contributed by atoms with van der Waals surface area (Å²) in [5.74, 6) is -0.351. The molecule has 84 valence electrons. The first-order chi connectivity index (χ1) is 7.66. The molecule has 0 aliphatic heterocycles. The Labute approximate surface area is 102 Å². The molecule has 1 aromatic heterocycles. The smallest absolute Gasteiger partial charge is 0.147 e. The lowest BCUT2D eigenvalue weighted by Gasteiger charge is -2.13. The molecular formula is C11H10ClFN2S. The van der Waals surface area contributed by atoms with Gasteiger partial charge in [0.15, 0.2) is 0 Å². The largest absolute Gasteiger partial charge is 0.374 e. The molecule has 1 heterocycles. The fraction of sp³-hybridized carbons (Fsp3) is 0.182. The molecular weight excluding hydrogens is 247 g/mol. The van der Waals surface area contributed by atoms with Crippen molar-refractivity contribution in [3.8, 4) is 0 Å². The van der Waals surface area contributed by atoms with Crippen molar-refractivity contribution in [3.05, 3.63) is 45.6 Å². The first-order valence-corrected chi connectivity index (χ1v) is 6.03. The van der Waals surface area contributed by atoms with E-state index in [0.29, 0.717) is 10.7 Å². The maximum absolute atomic E-state index is 13.5. The molecule has 5 heteroatoms. The van der Waals surface area contributed by atoms with E-state index >= 15 is 0 Å². The summed E-state index contributed by atoms with van der Waals surface area (Å²) in [5.41, 5.74) is 0.437. The second-order valence-corrected chi connectivity index (χ2v) is 4.72. The molecule has 0 saturated heterocycles. The number of halogens is 2. The quantitative estimate of drug-likeness (QED) is 0.894. The fourth-order valence-electron chi connectivity index (χ4n) is 1.35. The zero-order valence-corrected chi connectivity index (χ0v) is 10.1. The minimum Gasteiger partial charge on any atom is -0.374 e. The normalized spacial score (nSPS) is 12.4. The molecule has 16 heavy (non-hydrogen) atoms. The molecule has 0 aliphatic rings. The molecule has 2 nitrogen and oxygen atoms in total. The zero-order valence-electron chi connectivity index (χ0n) is 8.58. The van der Waals surface area contributed by atoms with Gasteiger partial charge in [0.2, 0.25) is 0 Å². The first-order valence-electron chi connectivity index (χ1n) is 4.78. The first kappa shape index (κ1) is 11.4. The van der Waals surface area contributed by atoms with Crippen molar-refractivity contribution in [2.24, 2.45) is 0 Å². The molecule has 1 atom stereocenters. The van der Waals surface area contributed by atoms with Crippen molar-refractivity contribution in [1.29, 1.82) is 0 Å². The maximum atomic E-state index is 13.5. The second kappa shape index (κ2) is 4.80. The van der Waals surface area contributed by atoms with Crippen LogP contribution >= 0.6 is 22.9 Å². The van der Waals surface area contributed by atoms with E-state index in [0.717, 1.165) is 5.01 Å². The van der Waals surface area contributed by atoms with Crippen LogP contribution in [0.15, 0.2) is 29.8 Å². The standard InChI is InChI=1S/C11H10ClFN2S/c1-7(11-14-4-5-16-11)15-10-3-2-8(12)6-9(10)13/h2-7,15H,1H3. The second-order valence-electron chi connectivity index (χ2n) is 3.36. The highest BCUT2D eigenvalue weighted by Gasteiger charge is 2.10. The third-order valence-corrected chi connectivity index (χ3v) is 3.32. The van der Waals surface area contributed by atoms with Crippen LogP contribution in [0.3, 0.4) is 0 Å². The van der Waals surface area contributed by atoms with E-state index < -0.39 is 0 Å². The Morgan fingerprint density at radius 2 is 2.31 bits per heavy atom. The van der Waals surface area contributed by atoms with Gasteiger partial charge in [-0.3, -0.25) is 0 Å². The molecule has 0 amide bonds. The summed E-state index contributed by atoms with van der Waals surface area (Å²) in [6.45, 7) is 1.94. The number of hydrogen-bond acceptors (Lipinski definition) is 3. The van der Waals surface area contributed by atoms with E-state index in [4.69, 9.17) is 11.6 Å². The summed E-state index contributed by atoms with van der Waals surface area (Å²) >= 11 is 7.21. The SMILES string of the molecule is CC(Nc1ccc(Cl)cc1F)c1nccs1. The van der Waals surface area contributed by atoms with Gasteiger partial charge in [-0.1, -0.05) is 11.6 Å². The lowest BCUT2D eigenvalue weighted by molar-refractivity contribution is 0.627. The number of anilines is 1. The monoisotopic (exact) mass is 256 g/mol. The van der Waals surface area contributed by atoms with Gasteiger partial charge in [-0.2, -0.15) is 0 Å². The van der Waals surface area contributed by atoms with Crippen molar-refractivity contribution >= 4 is 28.6 Å². The Kier molecular flexibility index (Phi) is 3.41. The molecule has 0 spiro atoms. The molecule has 0 fully saturated rings. The predicted molar refractivity (Wildman–Crippen MR) is 65.6 cm³/mol. The number of nitrogens with zero attached hydrogens (tertiary/aromatic N) is 1. The minimum absolute atomic E-state index is 0.0179. The van der Waals surface area contributed by atoms with Crippen LogP contribution in [0.1, 0.15) is 18.0 Å². The third kappa shape index (κ3) is 2.51. The van der Waals surface area contributed by atoms with E-state index in [1.54, 1.807) is 18.3 Å². The van der Waals surface area contributed by atoms with Crippen molar-refractivity contribution in [1.82, 2.24) is 4.98 Å². The van der Waals surface area contributed by atoms with Gasteiger partial charge in [0.25, 0.3) is 0 Å². The number of hydrogen-bond donors (Lipinski definition) is 1. The van der Waals surface area contributed by atoms with Crippen LogP contribution in [0.25, 0.3) is 0 Å². The van der Waals surface area contributed by atoms with Crippen molar-refractivity contribution in [3.63, 3.8) is 0 Å². The molecule has 0 radical (unpaired) electrons. The Balaban J connectivity index is 2.15. The summed E-state index contributed by atoms with van der Waals surface area (Å²) in [5, 5.41) is 6.27. The van der Waals surface area contributed by atoms with Gasteiger partial charge >= 0.3 is 0 Å². The van der Waals surface area contributed by atoms with Gasteiger partial charge in [-0.15, -0.1) is 11.3 Å². The van der Waals surface area contributed by atoms with E-state index in [-0.39, 0.29) is 11.9 Å². The van der Waals surface area contributed by atoms with Gasteiger partial charge in [0.05, 0.1) is 11.7 Å². The van der Waals surface area contributed by atoms with Gasteiger partial charge in [-0.05, 0) is 25.1 Å². The molecule has 1 aromatic carbocycles. The molecule has 0 bridgehead atoms. The van der Waals surface area contributed by atoms with Crippen LogP contribution in [0.5, 0.6) is 0 Å². The number of aromatic nitrogens is 1. The number of thiazole rings is 1. The van der Waals surface area contributed by atoms with Crippen LogP contribution < -0.4 is 5.32 Å². The van der Waals surface area contributed by atoms with E-state index in [9.17, 15) is 4.39 Å². The van der Waals surface area contributed by atoms with Crippen LogP contribution in [0.4, 0.5) is 10.1 Å². The van der Waals surface area contributed by atoms with Crippen LogP contribution in [-0.2, 0) is 0 Å². The highest BCUT2D eigenvalue weighted by molar-refractivity contribution is 7.09. The van der Waals surface area contributed by atoms with Crippen LogP contribution in [0.2, 0.25) is 5.02 Å². The van der Waals surface area contributed by atoms with Crippen LogP contribution in [-0.4, -0.2) is 4.98 Å². The average Bonchev–Trinajstić information content (AvgIpc) is 2.75. The molecule has 2 rings (SSSR count). The van der Waals surface area contributed by atoms with Gasteiger partial charge in [-0.25, -0.2) is 9.37 Å². The van der Waals surface area contributed by atoms with Crippen molar-refractivity contribution in [2.45, 2.75) is 13.0 Å². The molecule has 2 aromatic rings. The highest BCUT2D eigenvalue weighted by Crippen LogP contribution is 2.24. The average molecular weight is 257 g/mol. The number of benzene rings is 1. The summed E-state index contributed by atoms with van der Waals surface area (Å²) in [4.78, 5) is 4.17. The van der Waals surface area contributed by atoms with Gasteiger partial charge < -0.3 is 5.32 Å². The Morgan fingerprint density at radius 3 is 2.94 bits per heavy atom. The lowest BCUT2D eigenvalue weighted by Crippen LogP contribution is -2.07. The summed E-state index contributed by atoms with van der Waals surface area (Å²) in [7, 11) is 0. The Hall–Kier alpha value is -1.13. The molecule has 0 aliphatic carbocycles. The van der Waals surface area contributed by atoms with Gasteiger partial charge in [0, 0.05) is 16.6 Å².